The minimum Gasteiger partial charge on any atom is -0.381 e. The van der Waals surface area contributed by atoms with E-state index in [1.54, 1.807) is 6.07 Å². The van der Waals surface area contributed by atoms with Gasteiger partial charge in [0.05, 0.1) is 15.5 Å². The first-order valence-electron chi connectivity index (χ1n) is 6.29. The molecule has 21 heavy (non-hydrogen) atoms. The van der Waals surface area contributed by atoms with Crippen LogP contribution in [-0.4, -0.2) is 9.97 Å². The number of nitrogens with one attached hydrogen (secondary N) is 1. The topological polar surface area (TPSA) is 63.8 Å². The Morgan fingerprint density at radius 1 is 1.14 bits per heavy atom. The second-order valence-electron chi connectivity index (χ2n) is 4.65. The van der Waals surface area contributed by atoms with E-state index in [4.69, 9.17) is 5.73 Å². The number of aromatic nitrogens is 2. The fourth-order valence-corrected chi connectivity index (χ4v) is 2.36. The zero-order chi connectivity index (χ0) is 15.0. The molecule has 2 aromatic carbocycles. The van der Waals surface area contributed by atoms with Crippen molar-refractivity contribution in [1.29, 1.82) is 0 Å². The van der Waals surface area contributed by atoms with E-state index in [1.807, 2.05) is 31.2 Å². The average Bonchev–Trinajstić information content (AvgIpc) is 2.45. The first-order valence-corrected chi connectivity index (χ1v) is 7.09. The number of hydrogen-bond acceptors (Lipinski definition) is 4. The maximum Gasteiger partial charge on any atom is 0.174 e. The number of rotatable bonds is 2. The van der Waals surface area contributed by atoms with Gasteiger partial charge in [-0.15, -0.1) is 0 Å². The lowest BCUT2D eigenvalue weighted by Gasteiger charge is -2.12. The maximum atomic E-state index is 13.5. The number of fused-ring (bicyclic) bond motifs is 1. The van der Waals surface area contributed by atoms with Gasteiger partial charge in [-0.05, 0) is 52.7 Å². The number of halogens is 2. The molecule has 0 atom stereocenters. The van der Waals surface area contributed by atoms with Crippen LogP contribution in [0.3, 0.4) is 0 Å². The predicted molar refractivity (Wildman–Crippen MR) is 86.1 cm³/mol. The van der Waals surface area contributed by atoms with Gasteiger partial charge in [0.25, 0.3) is 0 Å². The minimum absolute atomic E-state index is 0.300. The van der Waals surface area contributed by atoms with Crippen LogP contribution < -0.4 is 11.1 Å². The second-order valence-corrected chi connectivity index (χ2v) is 5.51. The van der Waals surface area contributed by atoms with E-state index >= 15 is 0 Å². The van der Waals surface area contributed by atoms with Crippen molar-refractivity contribution >= 4 is 44.3 Å². The van der Waals surface area contributed by atoms with Crippen LogP contribution in [0.2, 0.25) is 0 Å². The molecule has 3 aromatic rings. The molecule has 0 spiro atoms. The summed E-state index contributed by atoms with van der Waals surface area (Å²) in [7, 11) is 0. The third kappa shape index (κ3) is 2.67. The number of benzene rings is 2. The summed E-state index contributed by atoms with van der Waals surface area (Å²) in [4.78, 5) is 8.76. The summed E-state index contributed by atoms with van der Waals surface area (Å²) in [5.74, 6) is 0.444. The second kappa shape index (κ2) is 5.29. The first-order chi connectivity index (χ1) is 10.0. The molecule has 0 saturated heterocycles. The molecule has 1 aromatic heterocycles. The highest BCUT2D eigenvalue weighted by atomic mass is 79.9. The van der Waals surface area contributed by atoms with E-state index in [-0.39, 0.29) is 5.82 Å². The van der Waals surface area contributed by atoms with Crippen LogP contribution in [0, 0.1) is 12.7 Å². The normalized spacial score (nSPS) is 10.8. The van der Waals surface area contributed by atoms with Gasteiger partial charge in [0.1, 0.15) is 5.82 Å². The van der Waals surface area contributed by atoms with Crippen molar-refractivity contribution in [2.24, 2.45) is 0 Å². The molecule has 0 radical (unpaired) electrons. The number of aryl methyl sites for hydroxylation is 1. The molecule has 0 aliphatic rings. The average molecular weight is 347 g/mol. The summed E-state index contributed by atoms with van der Waals surface area (Å²) in [6.45, 7) is 1.81. The summed E-state index contributed by atoms with van der Waals surface area (Å²) in [5, 5.41) is 3.11. The zero-order valence-corrected chi connectivity index (χ0v) is 12.8. The molecule has 0 bridgehead atoms. The molecule has 0 saturated carbocycles. The fourth-order valence-electron chi connectivity index (χ4n) is 2.01. The molecule has 3 N–H and O–H groups in total. The molecule has 4 nitrogen and oxygen atoms in total. The van der Waals surface area contributed by atoms with Gasteiger partial charge >= 0.3 is 0 Å². The molecule has 0 aliphatic heterocycles. The molecule has 0 fully saturated rings. The van der Waals surface area contributed by atoms with Crippen LogP contribution in [0.1, 0.15) is 5.56 Å². The van der Waals surface area contributed by atoms with Crippen molar-refractivity contribution in [1.82, 2.24) is 9.97 Å². The van der Waals surface area contributed by atoms with E-state index in [0.29, 0.717) is 16.1 Å². The minimum atomic E-state index is -0.310. The van der Waals surface area contributed by atoms with Gasteiger partial charge in [0, 0.05) is 5.69 Å². The van der Waals surface area contributed by atoms with Crippen LogP contribution in [0.25, 0.3) is 11.0 Å². The number of nitrogens with two attached hydrogens (primary N) is 1. The predicted octanol–water partition coefficient (Wildman–Crippen LogP) is 4.17. The zero-order valence-electron chi connectivity index (χ0n) is 11.2. The Bertz CT molecular complexity index is 835. The molecule has 0 amide bonds. The van der Waals surface area contributed by atoms with E-state index in [9.17, 15) is 4.39 Å². The van der Waals surface area contributed by atoms with Crippen LogP contribution in [0.5, 0.6) is 0 Å². The van der Waals surface area contributed by atoms with E-state index in [2.05, 4.69) is 31.2 Å². The highest BCUT2D eigenvalue weighted by molar-refractivity contribution is 9.10. The summed E-state index contributed by atoms with van der Waals surface area (Å²) >= 11 is 3.17. The van der Waals surface area contributed by atoms with Crippen molar-refractivity contribution in [3.63, 3.8) is 0 Å². The quantitative estimate of drug-likeness (QED) is 0.731. The standard InChI is InChI=1S/C15H12BrFN4/c1-8-6-10(17)9(16)7-13(8)21-15-14(18)19-11-4-2-3-5-12(11)20-15/h2-7H,1H3,(H2,18,19)(H,20,21). The van der Waals surface area contributed by atoms with Gasteiger partial charge in [-0.3, -0.25) is 0 Å². The van der Waals surface area contributed by atoms with E-state index < -0.39 is 0 Å². The smallest absolute Gasteiger partial charge is 0.174 e. The number of para-hydroxylation sites is 2. The number of hydrogen-bond donors (Lipinski definition) is 2. The Kier molecular flexibility index (Phi) is 3.47. The molecule has 0 unspecified atom stereocenters. The molecular formula is C15H12BrFN4. The highest BCUT2D eigenvalue weighted by Crippen LogP contribution is 2.28. The van der Waals surface area contributed by atoms with Gasteiger partial charge in [-0.2, -0.15) is 0 Å². The third-order valence-corrected chi connectivity index (χ3v) is 3.73. The van der Waals surface area contributed by atoms with Crippen LogP contribution in [0.4, 0.5) is 21.7 Å². The van der Waals surface area contributed by atoms with Gasteiger partial charge in [-0.25, -0.2) is 14.4 Å². The lowest BCUT2D eigenvalue weighted by atomic mass is 10.2. The SMILES string of the molecule is Cc1cc(F)c(Br)cc1Nc1nc2ccccc2nc1N. The number of anilines is 3. The van der Waals surface area contributed by atoms with Gasteiger partial charge < -0.3 is 11.1 Å². The Balaban J connectivity index is 2.05. The molecular weight excluding hydrogens is 335 g/mol. The van der Waals surface area contributed by atoms with E-state index in [0.717, 1.165) is 22.3 Å². The van der Waals surface area contributed by atoms with Gasteiger partial charge in [-0.1, -0.05) is 12.1 Å². The summed E-state index contributed by atoms with van der Waals surface area (Å²) in [5.41, 5.74) is 8.88. The van der Waals surface area contributed by atoms with Gasteiger partial charge in [0.2, 0.25) is 0 Å². The Morgan fingerprint density at radius 2 is 1.81 bits per heavy atom. The summed E-state index contributed by atoms with van der Waals surface area (Å²) in [6, 6.07) is 10.6. The molecule has 1 heterocycles. The lowest BCUT2D eigenvalue weighted by molar-refractivity contribution is 0.620. The molecule has 3 rings (SSSR count). The molecule has 0 aliphatic carbocycles. The molecule has 106 valence electrons. The van der Waals surface area contributed by atoms with Crippen LogP contribution >= 0.6 is 15.9 Å². The number of nitrogen functional groups attached to an aromatic ring is 1. The molecule has 6 heteroatoms. The highest BCUT2D eigenvalue weighted by Gasteiger charge is 2.10. The first kappa shape index (κ1) is 13.8. The number of nitrogens with zero attached hydrogens (tertiary/aromatic N) is 2. The Morgan fingerprint density at radius 3 is 2.52 bits per heavy atom. The van der Waals surface area contributed by atoms with Crippen LogP contribution in [0.15, 0.2) is 40.9 Å². The van der Waals surface area contributed by atoms with Crippen molar-refractivity contribution < 1.29 is 4.39 Å². The third-order valence-electron chi connectivity index (χ3n) is 3.12. The van der Waals surface area contributed by atoms with Crippen molar-refractivity contribution in [3.8, 4) is 0 Å². The Hall–Kier alpha value is -2.21. The van der Waals surface area contributed by atoms with Crippen molar-refractivity contribution in [2.45, 2.75) is 6.92 Å². The summed E-state index contributed by atoms with van der Waals surface area (Å²) < 4.78 is 13.8. The summed E-state index contributed by atoms with van der Waals surface area (Å²) in [6.07, 6.45) is 0. The maximum absolute atomic E-state index is 13.5. The van der Waals surface area contributed by atoms with Crippen LogP contribution in [-0.2, 0) is 0 Å². The lowest BCUT2D eigenvalue weighted by Crippen LogP contribution is -2.03. The van der Waals surface area contributed by atoms with Crippen molar-refractivity contribution in [2.75, 3.05) is 11.1 Å². The van der Waals surface area contributed by atoms with E-state index in [1.165, 1.54) is 6.07 Å². The van der Waals surface area contributed by atoms with Gasteiger partial charge in [0.15, 0.2) is 11.6 Å². The van der Waals surface area contributed by atoms with Crippen molar-refractivity contribution in [3.05, 3.63) is 52.3 Å². The Labute approximate surface area is 129 Å². The largest absolute Gasteiger partial charge is 0.381 e. The monoisotopic (exact) mass is 346 g/mol. The fraction of sp³-hybridized carbons (Fsp3) is 0.0667.